The Morgan fingerprint density at radius 3 is 2.27 bits per heavy atom. The van der Waals surface area contributed by atoms with Crippen LogP contribution in [0.5, 0.6) is 5.75 Å². The maximum Gasteiger partial charge on any atom is 0.419 e. The van der Waals surface area contributed by atoms with Crippen LogP contribution in [0, 0.1) is 5.82 Å². The van der Waals surface area contributed by atoms with E-state index in [0.717, 1.165) is 30.2 Å². The van der Waals surface area contributed by atoms with Crippen molar-refractivity contribution >= 4 is 11.9 Å². The second-order valence-electron chi connectivity index (χ2n) is 7.28. The van der Waals surface area contributed by atoms with Crippen molar-refractivity contribution in [2.24, 2.45) is 10.7 Å². The van der Waals surface area contributed by atoms with Gasteiger partial charge in [0.25, 0.3) is 5.91 Å². The number of methoxy groups -OCH3 is 1. The van der Waals surface area contributed by atoms with Crippen molar-refractivity contribution in [3.05, 3.63) is 77.6 Å². The summed E-state index contributed by atoms with van der Waals surface area (Å²) in [4.78, 5) is 26.4. The molecule has 1 aromatic heterocycles. The Hall–Kier alpha value is -4.02. The third kappa shape index (κ3) is 3.55. The van der Waals surface area contributed by atoms with Crippen LogP contribution in [0.15, 0.2) is 60.1 Å². The molecule has 0 fully saturated rings. The number of nitrogens with zero attached hydrogens (tertiary/aromatic N) is 4. The number of benzene rings is 2. The van der Waals surface area contributed by atoms with E-state index in [-0.39, 0.29) is 22.6 Å². The number of hydrogen-bond acceptors (Lipinski definition) is 6. The lowest BCUT2D eigenvalue weighted by atomic mass is 9.81. The fraction of sp³-hybridized carbons (Fsp3) is 0.182. The summed E-state index contributed by atoms with van der Waals surface area (Å²) in [6, 6.07) is 6.92. The number of hydrogen-bond donors (Lipinski definition) is 1. The largest absolute Gasteiger partial charge is 0.496 e. The monoisotopic (exact) mass is 459 g/mol. The lowest BCUT2D eigenvalue weighted by Gasteiger charge is -2.27. The van der Waals surface area contributed by atoms with Gasteiger partial charge in [-0.3, -0.25) is 9.69 Å². The molecule has 0 aliphatic carbocycles. The smallest absolute Gasteiger partial charge is 0.419 e. The maximum absolute atomic E-state index is 14.7. The molecule has 2 N–H and O–H groups in total. The average Bonchev–Trinajstić information content (AvgIpc) is 3.03. The molecule has 0 radical (unpaired) electrons. The van der Waals surface area contributed by atoms with Gasteiger partial charge in [0.15, 0.2) is 11.5 Å². The third-order valence-electron chi connectivity index (χ3n) is 5.42. The summed E-state index contributed by atoms with van der Waals surface area (Å²) in [5.41, 5.74) is 3.22. The minimum Gasteiger partial charge on any atom is -0.496 e. The summed E-state index contributed by atoms with van der Waals surface area (Å²) in [5.74, 6) is -1.94. The standard InChI is InChI=1S/C22H17F4N5O2/c1-31-19(32)21(30-20(31)27,14-4-6-18(33-2)16(8-14)22(24,25)26)13-3-5-17(23)15(7-13)12-9-28-11-29-10-12/h3-11H,1-2H3,(H2,27,30)/t21-/m0/s1. The van der Waals surface area contributed by atoms with Gasteiger partial charge in [0, 0.05) is 30.6 Å². The summed E-state index contributed by atoms with van der Waals surface area (Å²) in [6.45, 7) is 0. The van der Waals surface area contributed by atoms with Crippen molar-refractivity contribution in [3.63, 3.8) is 0 Å². The van der Waals surface area contributed by atoms with Gasteiger partial charge in [0.05, 0.1) is 12.7 Å². The first-order valence-electron chi connectivity index (χ1n) is 9.54. The Labute approximate surface area is 185 Å². The number of aliphatic imine (C=N–C) groups is 1. The average molecular weight is 459 g/mol. The minimum absolute atomic E-state index is 0.0492. The van der Waals surface area contributed by atoms with Gasteiger partial charge in [-0.05, 0) is 35.4 Å². The number of carbonyl (C=O) groups is 1. The van der Waals surface area contributed by atoms with Crippen molar-refractivity contribution in [2.75, 3.05) is 14.2 Å². The molecule has 33 heavy (non-hydrogen) atoms. The summed E-state index contributed by atoms with van der Waals surface area (Å²) >= 11 is 0. The topological polar surface area (TPSA) is 93.7 Å². The number of carbonyl (C=O) groups excluding carboxylic acids is 1. The second-order valence-corrected chi connectivity index (χ2v) is 7.28. The van der Waals surface area contributed by atoms with Gasteiger partial charge in [0.2, 0.25) is 0 Å². The number of amides is 1. The first kappa shape index (κ1) is 22.2. The van der Waals surface area contributed by atoms with Crippen molar-refractivity contribution in [2.45, 2.75) is 11.7 Å². The van der Waals surface area contributed by atoms with Crippen LogP contribution in [0.2, 0.25) is 0 Å². The number of aromatic nitrogens is 2. The molecule has 0 saturated heterocycles. The van der Waals surface area contributed by atoms with Crippen LogP contribution in [0.25, 0.3) is 11.1 Å². The Bertz CT molecular complexity index is 1260. The van der Waals surface area contributed by atoms with Crippen LogP contribution < -0.4 is 10.5 Å². The first-order valence-corrected chi connectivity index (χ1v) is 9.54. The van der Waals surface area contributed by atoms with Gasteiger partial charge in [-0.25, -0.2) is 19.4 Å². The van der Waals surface area contributed by atoms with E-state index in [1.165, 1.54) is 44.0 Å². The molecule has 2 aromatic carbocycles. The van der Waals surface area contributed by atoms with Crippen molar-refractivity contribution in [1.29, 1.82) is 0 Å². The van der Waals surface area contributed by atoms with Gasteiger partial charge in [-0.1, -0.05) is 12.1 Å². The molecule has 1 atom stereocenters. The van der Waals surface area contributed by atoms with Crippen LogP contribution in [0.3, 0.4) is 0 Å². The molecule has 11 heteroatoms. The van der Waals surface area contributed by atoms with E-state index in [0.29, 0.717) is 5.56 Å². The fourth-order valence-electron chi connectivity index (χ4n) is 3.75. The summed E-state index contributed by atoms with van der Waals surface area (Å²) in [7, 11) is 2.46. The molecule has 2 heterocycles. The highest BCUT2D eigenvalue weighted by Gasteiger charge is 2.50. The van der Waals surface area contributed by atoms with Gasteiger partial charge >= 0.3 is 6.18 Å². The number of halogens is 4. The van der Waals surface area contributed by atoms with Crippen molar-refractivity contribution < 1.29 is 27.1 Å². The Kier molecular flexibility index (Phi) is 5.27. The van der Waals surface area contributed by atoms with Gasteiger partial charge in [-0.15, -0.1) is 0 Å². The highest BCUT2D eigenvalue weighted by atomic mass is 19.4. The highest BCUT2D eigenvalue weighted by Crippen LogP contribution is 2.44. The molecule has 0 saturated carbocycles. The van der Waals surface area contributed by atoms with E-state index in [1.807, 2.05) is 0 Å². The highest BCUT2D eigenvalue weighted by molar-refractivity contribution is 6.09. The van der Waals surface area contributed by atoms with E-state index in [4.69, 9.17) is 10.5 Å². The Morgan fingerprint density at radius 2 is 1.70 bits per heavy atom. The van der Waals surface area contributed by atoms with Crippen LogP contribution in [0.4, 0.5) is 17.6 Å². The predicted octanol–water partition coefficient (Wildman–Crippen LogP) is 3.34. The molecule has 4 rings (SSSR count). The lowest BCUT2D eigenvalue weighted by Crippen LogP contribution is -2.41. The summed E-state index contributed by atoms with van der Waals surface area (Å²) in [6.07, 6.45) is -0.752. The molecule has 7 nitrogen and oxygen atoms in total. The number of alkyl halides is 3. The Balaban J connectivity index is 2.01. The zero-order valence-corrected chi connectivity index (χ0v) is 17.4. The fourth-order valence-corrected chi connectivity index (χ4v) is 3.75. The molecule has 1 aliphatic heterocycles. The van der Waals surface area contributed by atoms with E-state index < -0.39 is 34.8 Å². The lowest BCUT2D eigenvalue weighted by molar-refractivity contribution is -0.139. The minimum atomic E-state index is -4.76. The molecule has 170 valence electrons. The SMILES string of the molecule is COc1ccc([C@]2(c3ccc(F)c(-c4cncnc4)c3)N=C(N)N(C)C2=O)cc1C(F)(F)F. The normalized spacial score (nSPS) is 18.4. The summed E-state index contributed by atoms with van der Waals surface area (Å²) in [5, 5.41) is 0. The molecular weight excluding hydrogens is 442 g/mol. The van der Waals surface area contributed by atoms with Crippen LogP contribution >= 0.6 is 0 Å². The first-order chi connectivity index (χ1) is 15.6. The number of rotatable bonds is 4. The molecule has 0 bridgehead atoms. The van der Waals surface area contributed by atoms with E-state index in [2.05, 4.69) is 15.0 Å². The van der Waals surface area contributed by atoms with Crippen LogP contribution in [-0.4, -0.2) is 40.9 Å². The van der Waals surface area contributed by atoms with E-state index >= 15 is 0 Å². The molecule has 1 aliphatic rings. The number of ether oxygens (including phenoxy) is 1. The van der Waals surface area contributed by atoms with Gasteiger partial charge in [-0.2, -0.15) is 13.2 Å². The van der Waals surface area contributed by atoms with Crippen LogP contribution in [0.1, 0.15) is 16.7 Å². The van der Waals surface area contributed by atoms with E-state index in [9.17, 15) is 22.4 Å². The molecule has 0 unspecified atom stereocenters. The quantitative estimate of drug-likeness (QED) is 0.604. The number of nitrogens with two attached hydrogens (primary N) is 1. The number of guanidine groups is 1. The molecular formula is C22H17F4N5O2. The third-order valence-corrected chi connectivity index (χ3v) is 5.42. The molecule has 0 spiro atoms. The van der Waals surface area contributed by atoms with Crippen LogP contribution in [-0.2, 0) is 16.5 Å². The van der Waals surface area contributed by atoms with E-state index in [1.54, 1.807) is 0 Å². The second kappa shape index (κ2) is 7.84. The zero-order valence-electron chi connectivity index (χ0n) is 17.4. The number of likely N-dealkylation sites (N-methyl/N-ethyl adjacent to an activating group) is 1. The van der Waals surface area contributed by atoms with Gasteiger partial charge < -0.3 is 10.5 Å². The van der Waals surface area contributed by atoms with Crippen molar-refractivity contribution in [3.8, 4) is 16.9 Å². The maximum atomic E-state index is 14.7. The zero-order chi connectivity index (χ0) is 24.0. The predicted molar refractivity (Wildman–Crippen MR) is 111 cm³/mol. The Morgan fingerprint density at radius 1 is 1.06 bits per heavy atom. The molecule has 1 amide bonds. The van der Waals surface area contributed by atoms with Gasteiger partial charge in [0.1, 0.15) is 17.9 Å². The van der Waals surface area contributed by atoms with Crippen molar-refractivity contribution in [1.82, 2.24) is 14.9 Å². The summed E-state index contributed by atoms with van der Waals surface area (Å²) < 4.78 is 60.7. The molecule has 3 aromatic rings.